The molecule has 10 heteroatoms. The number of nitrogens with one attached hydrogen (secondary N) is 3. The van der Waals surface area contributed by atoms with Crippen LogP contribution in [-0.2, 0) is 30.5 Å². The zero-order chi connectivity index (χ0) is 27.3. The first kappa shape index (κ1) is 28.9. The number of carbonyl (C=O) groups excluding carboxylic acids is 5. The van der Waals surface area contributed by atoms with Crippen LogP contribution in [0.15, 0.2) is 60.7 Å². The molecule has 0 aromatic heterocycles. The van der Waals surface area contributed by atoms with E-state index in [-0.39, 0.29) is 41.7 Å². The lowest BCUT2D eigenvalue weighted by Crippen LogP contribution is -2.47. The standard InChI is InChI=1S/C28H34N4O5S/c1-20(33)30-23(27(36)29-18-21-11-5-2-6-12-21)19-38-24-17-26(35)32(28(24)37)16-10-4-9-15-25(34)31-22-13-7-3-8-14-22/h2-3,5-8,11-14,23-24H,4,9-10,15-19H2,1H3,(H,29,36)(H,30,33)(H,31,34)/t23-,24?/m0/s1. The molecule has 38 heavy (non-hydrogen) atoms. The van der Waals surface area contributed by atoms with Gasteiger partial charge in [-0.05, 0) is 30.5 Å². The van der Waals surface area contributed by atoms with Gasteiger partial charge in [-0.15, -0.1) is 11.8 Å². The summed E-state index contributed by atoms with van der Waals surface area (Å²) in [6.45, 7) is 1.96. The SMILES string of the molecule is CC(=O)N[C@@H](CSC1CC(=O)N(CCCCCC(=O)Nc2ccccc2)C1=O)C(=O)NCc1ccccc1. The molecular formula is C28H34N4O5S. The predicted octanol–water partition coefficient (Wildman–Crippen LogP) is 2.87. The molecule has 3 rings (SSSR count). The molecule has 9 nitrogen and oxygen atoms in total. The molecule has 2 atom stereocenters. The third-order valence-corrected chi connectivity index (χ3v) is 7.31. The Balaban J connectivity index is 1.39. The highest BCUT2D eigenvalue weighted by atomic mass is 32.2. The van der Waals surface area contributed by atoms with Gasteiger partial charge in [0.2, 0.25) is 29.5 Å². The molecule has 3 N–H and O–H groups in total. The van der Waals surface area contributed by atoms with Gasteiger partial charge in [0.1, 0.15) is 6.04 Å². The van der Waals surface area contributed by atoms with E-state index in [4.69, 9.17) is 0 Å². The lowest BCUT2D eigenvalue weighted by atomic mass is 10.1. The lowest BCUT2D eigenvalue weighted by Gasteiger charge is -2.19. The molecule has 1 heterocycles. The van der Waals surface area contributed by atoms with Crippen LogP contribution in [0.2, 0.25) is 0 Å². The van der Waals surface area contributed by atoms with E-state index >= 15 is 0 Å². The number of benzene rings is 2. The summed E-state index contributed by atoms with van der Waals surface area (Å²) in [6.07, 6.45) is 2.42. The van der Waals surface area contributed by atoms with Crippen molar-refractivity contribution in [2.75, 3.05) is 17.6 Å². The second-order valence-electron chi connectivity index (χ2n) is 9.09. The van der Waals surface area contributed by atoms with E-state index in [0.717, 1.165) is 11.3 Å². The Bertz CT molecular complexity index is 1110. The lowest BCUT2D eigenvalue weighted by molar-refractivity contribution is -0.138. The highest BCUT2D eigenvalue weighted by molar-refractivity contribution is 8.00. The molecule has 1 unspecified atom stereocenters. The maximum absolute atomic E-state index is 12.8. The number of carbonyl (C=O) groups is 5. The average molecular weight is 539 g/mol. The Hall–Kier alpha value is -3.66. The Morgan fingerprint density at radius 3 is 2.34 bits per heavy atom. The van der Waals surface area contributed by atoms with Gasteiger partial charge in [-0.3, -0.25) is 28.9 Å². The van der Waals surface area contributed by atoms with Crippen LogP contribution in [0.1, 0.15) is 44.6 Å². The number of para-hydroxylation sites is 1. The molecule has 1 aliphatic heterocycles. The summed E-state index contributed by atoms with van der Waals surface area (Å²) in [4.78, 5) is 63.0. The van der Waals surface area contributed by atoms with E-state index in [9.17, 15) is 24.0 Å². The summed E-state index contributed by atoms with van der Waals surface area (Å²) in [5.41, 5.74) is 1.68. The van der Waals surface area contributed by atoms with E-state index < -0.39 is 11.3 Å². The molecule has 1 aliphatic rings. The van der Waals surface area contributed by atoms with Crippen LogP contribution in [0.25, 0.3) is 0 Å². The Labute approximate surface area is 227 Å². The van der Waals surface area contributed by atoms with Crippen molar-refractivity contribution in [3.8, 4) is 0 Å². The molecular weight excluding hydrogens is 504 g/mol. The zero-order valence-corrected chi connectivity index (χ0v) is 22.3. The highest BCUT2D eigenvalue weighted by Gasteiger charge is 2.39. The molecule has 0 saturated carbocycles. The fourth-order valence-electron chi connectivity index (χ4n) is 4.04. The molecule has 1 saturated heterocycles. The van der Waals surface area contributed by atoms with Crippen molar-refractivity contribution >= 4 is 47.0 Å². The van der Waals surface area contributed by atoms with Gasteiger partial charge in [-0.25, -0.2) is 0 Å². The van der Waals surface area contributed by atoms with Gasteiger partial charge >= 0.3 is 0 Å². The Morgan fingerprint density at radius 1 is 0.974 bits per heavy atom. The average Bonchev–Trinajstić information content (AvgIpc) is 3.18. The smallest absolute Gasteiger partial charge is 0.243 e. The zero-order valence-electron chi connectivity index (χ0n) is 21.5. The monoisotopic (exact) mass is 538 g/mol. The summed E-state index contributed by atoms with van der Waals surface area (Å²) >= 11 is 1.21. The summed E-state index contributed by atoms with van der Waals surface area (Å²) in [5.74, 6) is -1.09. The summed E-state index contributed by atoms with van der Waals surface area (Å²) in [5, 5.41) is 7.70. The number of imide groups is 1. The van der Waals surface area contributed by atoms with E-state index in [2.05, 4.69) is 16.0 Å². The first-order chi connectivity index (χ1) is 18.3. The maximum atomic E-state index is 12.8. The number of likely N-dealkylation sites (tertiary alicyclic amines) is 1. The number of hydrogen-bond donors (Lipinski definition) is 3. The number of unbranched alkanes of at least 4 members (excludes halogenated alkanes) is 2. The minimum absolute atomic E-state index is 0.0671. The number of rotatable bonds is 14. The van der Waals surface area contributed by atoms with Gasteiger partial charge in [0.05, 0.1) is 5.25 Å². The minimum Gasteiger partial charge on any atom is -0.350 e. The van der Waals surface area contributed by atoms with Crippen LogP contribution in [0.5, 0.6) is 0 Å². The first-order valence-corrected chi connectivity index (χ1v) is 13.8. The quantitative estimate of drug-likeness (QED) is 0.251. The van der Waals surface area contributed by atoms with Gasteiger partial charge in [-0.1, -0.05) is 55.0 Å². The van der Waals surface area contributed by atoms with Crippen LogP contribution >= 0.6 is 11.8 Å². The molecule has 2 aromatic carbocycles. The van der Waals surface area contributed by atoms with E-state index in [1.54, 1.807) is 0 Å². The van der Waals surface area contributed by atoms with Crippen LogP contribution in [0, 0.1) is 0 Å². The first-order valence-electron chi connectivity index (χ1n) is 12.7. The molecule has 202 valence electrons. The maximum Gasteiger partial charge on any atom is 0.243 e. The fraction of sp³-hybridized carbons (Fsp3) is 0.393. The summed E-state index contributed by atoms with van der Waals surface area (Å²) < 4.78 is 0. The molecule has 0 spiro atoms. The Morgan fingerprint density at radius 2 is 1.66 bits per heavy atom. The topological polar surface area (TPSA) is 125 Å². The normalized spacial score (nSPS) is 15.7. The second kappa shape index (κ2) is 14.9. The highest BCUT2D eigenvalue weighted by Crippen LogP contribution is 2.26. The van der Waals surface area contributed by atoms with Crippen LogP contribution in [-0.4, -0.2) is 58.0 Å². The third-order valence-electron chi connectivity index (χ3n) is 6.01. The van der Waals surface area contributed by atoms with E-state index in [0.29, 0.717) is 38.8 Å². The predicted molar refractivity (Wildman–Crippen MR) is 147 cm³/mol. The molecule has 1 fully saturated rings. The number of amides is 5. The molecule has 5 amide bonds. The minimum atomic E-state index is -0.819. The van der Waals surface area contributed by atoms with Crippen molar-refractivity contribution in [3.63, 3.8) is 0 Å². The van der Waals surface area contributed by atoms with Crippen molar-refractivity contribution in [2.24, 2.45) is 0 Å². The van der Waals surface area contributed by atoms with Gasteiger partial charge in [-0.2, -0.15) is 0 Å². The van der Waals surface area contributed by atoms with Gasteiger partial charge in [0, 0.05) is 44.3 Å². The van der Waals surface area contributed by atoms with Gasteiger partial charge < -0.3 is 16.0 Å². The number of thioether (sulfide) groups is 1. The molecule has 2 aromatic rings. The second-order valence-corrected chi connectivity index (χ2v) is 10.3. The van der Waals surface area contributed by atoms with Crippen LogP contribution in [0.4, 0.5) is 5.69 Å². The number of anilines is 1. The third kappa shape index (κ3) is 9.33. The molecule has 0 radical (unpaired) electrons. The van der Waals surface area contributed by atoms with Crippen LogP contribution in [0.3, 0.4) is 0 Å². The van der Waals surface area contributed by atoms with Gasteiger partial charge in [0.25, 0.3) is 0 Å². The van der Waals surface area contributed by atoms with E-state index in [1.807, 2.05) is 60.7 Å². The number of hydrogen-bond acceptors (Lipinski definition) is 6. The summed E-state index contributed by atoms with van der Waals surface area (Å²) in [6, 6.07) is 17.8. The fourth-order valence-corrected chi connectivity index (χ4v) is 5.23. The van der Waals surface area contributed by atoms with Crippen molar-refractivity contribution in [2.45, 2.75) is 56.9 Å². The molecule has 0 aliphatic carbocycles. The number of nitrogens with zero attached hydrogens (tertiary/aromatic N) is 1. The van der Waals surface area contributed by atoms with Gasteiger partial charge in [0.15, 0.2) is 0 Å². The summed E-state index contributed by atoms with van der Waals surface area (Å²) in [7, 11) is 0. The van der Waals surface area contributed by atoms with Crippen molar-refractivity contribution < 1.29 is 24.0 Å². The van der Waals surface area contributed by atoms with Crippen molar-refractivity contribution in [1.82, 2.24) is 15.5 Å². The largest absolute Gasteiger partial charge is 0.350 e. The van der Waals surface area contributed by atoms with Crippen molar-refractivity contribution in [3.05, 3.63) is 66.2 Å². The Kier molecular flexibility index (Phi) is 11.4. The molecule has 0 bridgehead atoms. The van der Waals surface area contributed by atoms with Crippen molar-refractivity contribution in [1.29, 1.82) is 0 Å². The van der Waals surface area contributed by atoms with Crippen LogP contribution < -0.4 is 16.0 Å². The van der Waals surface area contributed by atoms with E-state index in [1.165, 1.54) is 23.6 Å².